The molecule has 1 aliphatic heterocycles. The zero-order valence-corrected chi connectivity index (χ0v) is 9.67. The van der Waals surface area contributed by atoms with Crippen molar-refractivity contribution in [3.63, 3.8) is 0 Å². The van der Waals surface area contributed by atoms with Gasteiger partial charge < -0.3 is 4.90 Å². The van der Waals surface area contributed by atoms with Crippen molar-refractivity contribution in [2.24, 2.45) is 11.8 Å². The fourth-order valence-corrected chi connectivity index (χ4v) is 2.52. The van der Waals surface area contributed by atoms with Crippen LogP contribution >= 0.6 is 0 Å². The predicted octanol–water partition coefficient (Wildman–Crippen LogP) is 0.822. The van der Waals surface area contributed by atoms with Crippen LogP contribution in [0.4, 0.5) is 0 Å². The van der Waals surface area contributed by atoms with Crippen molar-refractivity contribution < 1.29 is 0 Å². The van der Waals surface area contributed by atoms with Gasteiger partial charge in [0.05, 0.1) is 6.04 Å². The average molecular weight is 209 g/mol. The fraction of sp³-hybridized carbons (Fsp3) is 0.900. The van der Waals surface area contributed by atoms with E-state index in [-0.39, 0.29) is 0 Å². The quantitative estimate of drug-likeness (QED) is 0.739. The molecule has 3 atom stereocenters. The maximum absolute atomic E-state index is 3.94. The number of nitrogens with zero attached hydrogens (tertiary/aromatic N) is 5. The minimum Gasteiger partial charge on any atom is -0.306 e. The van der Waals surface area contributed by atoms with Crippen molar-refractivity contribution in [2.75, 3.05) is 20.1 Å². The molecule has 5 nitrogen and oxygen atoms in total. The first kappa shape index (κ1) is 10.5. The molecule has 1 aliphatic rings. The maximum Gasteiger partial charge on any atom is 0.138 e. The van der Waals surface area contributed by atoms with Crippen LogP contribution in [0.1, 0.15) is 26.3 Å². The first-order chi connectivity index (χ1) is 7.16. The second kappa shape index (κ2) is 4.26. The van der Waals surface area contributed by atoms with E-state index in [4.69, 9.17) is 0 Å². The lowest BCUT2D eigenvalue weighted by atomic mass is 9.92. The number of rotatable bonds is 3. The lowest BCUT2D eigenvalue weighted by Crippen LogP contribution is -2.17. The van der Waals surface area contributed by atoms with E-state index in [2.05, 4.69) is 41.3 Å². The summed E-state index contributed by atoms with van der Waals surface area (Å²) in [6, 6.07) is 0.402. The van der Waals surface area contributed by atoms with Crippen LogP contribution in [0.25, 0.3) is 0 Å². The average Bonchev–Trinajstić information content (AvgIpc) is 2.76. The van der Waals surface area contributed by atoms with Crippen LogP contribution in [0, 0.1) is 11.8 Å². The number of aromatic nitrogens is 4. The Morgan fingerprint density at radius 1 is 1.47 bits per heavy atom. The summed E-state index contributed by atoms with van der Waals surface area (Å²) >= 11 is 0. The normalized spacial score (nSPS) is 29.5. The molecule has 0 amide bonds. The van der Waals surface area contributed by atoms with Crippen molar-refractivity contribution in [3.05, 3.63) is 6.33 Å². The molecule has 2 rings (SSSR count). The highest BCUT2D eigenvalue weighted by atomic mass is 15.5. The van der Waals surface area contributed by atoms with Crippen LogP contribution in [0.3, 0.4) is 0 Å². The van der Waals surface area contributed by atoms with Crippen molar-refractivity contribution in [1.29, 1.82) is 0 Å². The van der Waals surface area contributed by atoms with E-state index in [1.165, 1.54) is 13.1 Å². The molecule has 0 aromatic carbocycles. The standard InChI is InChI=1S/C10H19N5/c1-8-5-14(3)6-10(8)4-9(2)15-7-11-12-13-15/h7-10H,4-6H2,1-3H3. The molecule has 5 heteroatoms. The van der Waals surface area contributed by atoms with Gasteiger partial charge in [-0.2, -0.15) is 0 Å². The molecule has 0 radical (unpaired) electrons. The van der Waals surface area contributed by atoms with Crippen LogP contribution in [-0.4, -0.2) is 45.2 Å². The summed E-state index contributed by atoms with van der Waals surface area (Å²) in [6.07, 6.45) is 2.87. The summed E-state index contributed by atoms with van der Waals surface area (Å²) < 4.78 is 1.85. The van der Waals surface area contributed by atoms with E-state index < -0.39 is 0 Å². The van der Waals surface area contributed by atoms with Gasteiger partial charge in [0.2, 0.25) is 0 Å². The predicted molar refractivity (Wildman–Crippen MR) is 57.3 cm³/mol. The molecule has 1 aromatic heterocycles. The summed E-state index contributed by atoms with van der Waals surface area (Å²) in [6.45, 7) is 6.93. The van der Waals surface area contributed by atoms with Crippen LogP contribution < -0.4 is 0 Å². The van der Waals surface area contributed by atoms with Gasteiger partial charge in [-0.1, -0.05) is 6.92 Å². The molecule has 2 heterocycles. The van der Waals surface area contributed by atoms with E-state index in [0.717, 1.165) is 18.3 Å². The summed E-state index contributed by atoms with van der Waals surface area (Å²) in [4.78, 5) is 2.40. The minimum absolute atomic E-state index is 0.402. The van der Waals surface area contributed by atoms with Crippen molar-refractivity contribution in [3.8, 4) is 0 Å². The fourth-order valence-electron chi connectivity index (χ4n) is 2.52. The Labute approximate surface area is 90.5 Å². The van der Waals surface area contributed by atoms with Gasteiger partial charge in [0.25, 0.3) is 0 Å². The highest BCUT2D eigenvalue weighted by Gasteiger charge is 2.28. The van der Waals surface area contributed by atoms with Crippen LogP contribution in [-0.2, 0) is 0 Å². The smallest absolute Gasteiger partial charge is 0.138 e. The first-order valence-electron chi connectivity index (χ1n) is 5.58. The summed E-state index contributed by atoms with van der Waals surface area (Å²) in [5.41, 5.74) is 0. The molecule has 1 saturated heterocycles. The summed E-state index contributed by atoms with van der Waals surface area (Å²) in [5, 5.41) is 11.3. The Bertz CT molecular complexity index is 297. The topological polar surface area (TPSA) is 46.8 Å². The van der Waals surface area contributed by atoms with Gasteiger partial charge in [0, 0.05) is 13.1 Å². The zero-order chi connectivity index (χ0) is 10.8. The molecule has 1 aromatic rings. The zero-order valence-electron chi connectivity index (χ0n) is 9.67. The highest BCUT2D eigenvalue weighted by molar-refractivity contribution is 4.81. The van der Waals surface area contributed by atoms with Crippen LogP contribution in [0.2, 0.25) is 0 Å². The molecule has 0 N–H and O–H groups in total. The molecule has 0 aliphatic carbocycles. The van der Waals surface area contributed by atoms with Gasteiger partial charge in [-0.05, 0) is 42.7 Å². The third-order valence-electron chi connectivity index (χ3n) is 3.41. The molecule has 84 valence electrons. The van der Waals surface area contributed by atoms with Gasteiger partial charge in [0.1, 0.15) is 6.33 Å². The molecule has 15 heavy (non-hydrogen) atoms. The molecule has 0 saturated carbocycles. The lowest BCUT2D eigenvalue weighted by Gasteiger charge is -2.18. The van der Waals surface area contributed by atoms with Gasteiger partial charge in [-0.3, -0.25) is 0 Å². The van der Waals surface area contributed by atoms with Gasteiger partial charge >= 0.3 is 0 Å². The van der Waals surface area contributed by atoms with Crippen LogP contribution in [0.5, 0.6) is 0 Å². The largest absolute Gasteiger partial charge is 0.306 e. The number of hydrogen-bond donors (Lipinski definition) is 0. The van der Waals surface area contributed by atoms with Gasteiger partial charge in [0.15, 0.2) is 0 Å². The van der Waals surface area contributed by atoms with Gasteiger partial charge in [-0.15, -0.1) is 5.10 Å². The Hall–Kier alpha value is -0.970. The van der Waals surface area contributed by atoms with E-state index in [9.17, 15) is 0 Å². The molecule has 3 unspecified atom stereocenters. The number of hydrogen-bond acceptors (Lipinski definition) is 4. The molecular weight excluding hydrogens is 190 g/mol. The van der Waals surface area contributed by atoms with E-state index in [1.54, 1.807) is 6.33 Å². The Morgan fingerprint density at radius 3 is 2.80 bits per heavy atom. The Morgan fingerprint density at radius 2 is 2.27 bits per heavy atom. The first-order valence-corrected chi connectivity index (χ1v) is 5.58. The minimum atomic E-state index is 0.402. The van der Waals surface area contributed by atoms with E-state index in [1.807, 2.05) is 4.68 Å². The lowest BCUT2D eigenvalue weighted by molar-refractivity contribution is 0.321. The number of likely N-dealkylation sites (tertiary alicyclic amines) is 1. The maximum atomic E-state index is 3.94. The third-order valence-corrected chi connectivity index (χ3v) is 3.41. The van der Waals surface area contributed by atoms with Crippen molar-refractivity contribution >= 4 is 0 Å². The van der Waals surface area contributed by atoms with Crippen LogP contribution in [0.15, 0.2) is 6.33 Å². The van der Waals surface area contributed by atoms with Crippen molar-refractivity contribution in [2.45, 2.75) is 26.3 Å². The van der Waals surface area contributed by atoms with E-state index in [0.29, 0.717) is 6.04 Å². The molecule has 1 fully saturated rings. The number of tetrazole rings is 1. The van der Waals surface area contributed by atoms with Gasteiger partial charge in [-0.25, -0.2) is 4.68 Å². The molecule has 0 spiro atoms. The highest BCUT2D eigenvalue weighted by Crippen LogP contribution is 2.28. The Balaban J connectivity index is 1.92. The Kier molecular flexibility index (Phi) is 3.00. The SMILES string of the molecule is CC1CN(C)CC1CC(C)n1cnnn1. The summed E-state index contributed by atoms with van der Waals surface area (Å²) in [5.74, 6) is 1.56. The second-order valence-electron chi connectivity index (χ2n) is 4.83. The monoisotopic (exact) mass is 209 g/mol. The third kappa shape index (κ3) is 2.34. The molecular formula is C10H19N5. The summed E-state index contributed by atoms with van der Waals surface area (Å²) in [7, 11) is 2.19. The van der Waals surface area contributed by atoms with Crippen molar-refractivity contribution in [1.82, 2.24) is 25.1 Å². The second-order valence-corrected chi connectivity index (χ2v) is 4.83. The molecule has 0 bridgehead atoms. The van der Waals surface area contributed by atoms with E-state index >= 15 is 0 Å².